The Bertz CT molecular complexity index is 564. The zero-order valence-corrected chi connectivity index (χ0v) is 12.5. The van der Waals surface area contributed by atoms with Crippen molar-refractivity contribution in [1.29, 1.82) is 0 Å². The van der Waals surface area contributed by atoms with Gasteiger partial charge in [-0.1, -0.05) is 23.4 Å². The molecule has 3 rings (SSSR count). The summed E-state index contributed by atoms with van der Waals surface area (Å²) < 4.78 is 7.65. The molecule has 0 N–H and O–H groups in total. The molecule has 2 aromatic rings. The van der Waals surface area contributed by atoms with E-state index in [4.69, 9.17) is 4.74 Å². The summed E-state index contributed by atoms with van der Waals surface area (Å²) in [4.78, 5) is 1.23. The van der Waals surface area contributed by atoms with E-state index in [0.717, 1.165) is 30.8 Å². The highest BCUT2D eigenvalue weighted by molar-refractivity contribution is 7.98. The van der Waals surface area contributed by atoms with Crippen LogP contribution in [0.4, 0.5) is 0 Å². The third kappa shape index (κ3) is 3.04. The Hall–Kier alpha value is -1.33. The first-order chi connectivity index (χ1) is 9.86. The fourth-order valence-corrected chi connectivity index (χ4v) is 3.13. The highest BCUT2D eigenvalue weighted by Crippen LogP contribution is 2.28. The number of hydrogen-bond donors (Lipinski definition) is 0. The van der Waals surface area contributed by atoms with Crippen molar-refractivity contribution >= 4 is 11.8 Å². The number of thioether (sulfide) groups is 1. The van der Waals surface area contributed by atoms with Gasteiger partial charge in [0.05, 0.1) is 18.8 Å². The van der Waals surface area contributed by atoms with Crippen LogP contribution < -0.4 is 0 Å². The van der Waals surface area contributed by atoms with Gasteiger partial charge in [-0.05, 0) is 31.6 Å². The number of rotatable bonds is 4. The minimum atomic E-state index is 0.286. The van der Waals surface area contributed by atoms with Gasteiger partial charge < -0.3 is 4.74 Å². The normalized spacial score (nSPS) is 19.1. The summed E-state index contributed by atoms with van der Waals surface area (Å²) in [6.45, 7) is 1.68. The third-order valence-corrected chi connectivity index (χ3v) is 4.38. The maximum absolute atomic E-state index is 5.75. The van der Waals surface area contributed by atoms with Gasteiger partial charge in [0, 0.05) is 17.1 Å². The minimum absolute atomic E-state index is 0.286. The van der Waals surface area contributed by atoms with Crippen LogP contribution in [0.25, 0.3) is 11.3 Å². The van der Waals surface area contributed by atoms with Crippen LogP contribution in [-0.4, -0.2) is 34.0 Å². The fourth-order valence-electron chi connectivity index (χ4n) is 2.53. The molecular formula is C15H19N3OS. The Kier molecular flexibility index (Phi) is 4.38. The van der Waals surface area contributed by atoms with Crippen LogP contribution in [0.2, 0.25) is 0 Å². The van der Waals surface area contributed by atoms with Crippen LogP contribution in [0.5, 0.6) is 0 Å². The molecule has 0 bridgehead atoms. The summed E-state index contributed by atoms with van der Waals surface area (Å²) in [7, 11) is 0. The predicted molar refractivity (Wildman–Crippen MR) is 80.8 cm³/mol. The quantitative estimate of drug-likeness (QED) is 0.810. The Balaban J connectivity index is 1.75. The molecule has 1 aromatic carbocycles. The van der Waals surface area contributed by atoms with Crippen molar-refractivity contribution < 1.29 is 4.74 Å². The molecule has 1 saturated heterocycles. The number of benzene rings is 1. The van der Waals surface area contributed by atoms with Crippen molar-refractivity contribution in [2.45, 2.75) is 36.8 Å². The van der Waals surface area contributed by atoms with E-state index in [1.54, 1.807) is 11.8 Å². The fraction of sp³-hybridized carbons (Fsp3) is 0.467. The zero-order chi connectivity index (χ0) is 13.8. The first kappa shape index (κ1) is 13.6. The number of aromatic nitrogens is 3. The van der Waals surface area contributed by atoms with Gasteiger partial charge in [-0.25, -0.2) is 4.68 Å². The summed E-state index contributed by atoms with van der Waals surface area (Å²) in [5, 5.41) is 8.54. The van der Waals surface area contributed by atoms with Gasteiger partial charge in [-0.3, -0.25) is 0 Å². The molecule has 0 spiro atoms. The Morgan fingerprint density at radius 1 is 1.35 bits per heavy atom. The molecule has 1 unspecified atom stereocenters. The van der Waals surface area contributed by atoms with Crippen LogP contribution in [0, 0.1) is 0 Å². The molecule has 4 nitrogen and oxygen atoms in total. The first-order valence-electron chi connectivity index (χ1n) is 7.02. The van der Waals surface area contributed by atoms with Gasteiger partial charge in [0.25, 0.3) is 0 Å². The Morgan fingerprint density at radius 3 is 3.05 bits per heavy atom. The SMILES string of the molecule is CSc1ccccc1-c1cn(CC2CCCCO2)nn1. The highest BCUT2D eigenvalue weighted by Gasteiger charge is 2.16. The average molecular weight is 289 g/mol. The Labute approximate surface area is 123 Å². The van der Waals surface area contributed by atoms with Crippen molar-refractivity contribution in [3.05, 3.63) is 30.5 Å². The van der Waals surface area contributed by atoms with E-state index in [-0.39, 0.29) is 6.10 Å². The van der Waals surface area contributed by atoms with Crippen molar-refractivity contribution in [2.24, 2.45) is 0 Å². The lowest BCUT2D eigenvalue weighted by atomic mass is 10.1. The summed E-state index contributed by atoms with van der Waals surface area (Å²) >= 11 is 1.73. The molecule has 5 heteroatoms. The topological polar surface area (TPSA) is 39.9 Å². The van der Waals surface area contributed by atoms with E-state index in [0.29, 0.717) is 0 Å². The van der Waals surface area contributed by atoms with Gasteiger partial charge in [0.2, 0.25) is 0 Å². The van der Waals surface area contributed by atoms with Gasteiger partial charge in [0.15, 0.2) is 0 Å². The molecule has 2 heterocycles. The second-order valence-corrected chi connectivity index (χ2v) is 5.86. The third-order valence-electron chi connectivity index (χ3n) is 3.59. The van der Waals surface area contributed by atoms with Crippen molar-refractivity contribution in [3.8, 4) is 11.3 Å². The smallest absolute Gasteiger partial charge is 0.114 e. The molecule has 106 valence electrons. The van der Waals surface area contributed by atoms with Gasteiger partial charge in [-0.2, -0.15) is 0 Å². The molecular weight excluding hydrogens is 270 g/mol. The maximum atomic E-state index is 5.75. The molecule has 0 amide bonds. The molecule has 1 aromatic heterocycles. The number of nitrogens with zero attached hydrogens (tertiary/aromatic N) is 3. The zero-order valence-electron chi connectivity index (χ0n) is 11.7. The maximum Gasteiger partial charge on any atom is 0.114 e. The molecule has 1 atom stereocenters. The summed E-state index contributed by atoms with van der Waals surface area (Å²) in [5.41, 5.74) is 2.08. The largest absolute Gasteiger partial charge is 0.376 e. The molecule has 1 aliphatic rings. The number of hydrogen-bond acceptors (Lipinski definition) is 4. The van der Waals surface area contributed by atoms with E-state index in [9.17, 15) is 0 Å². The molecule has 1 fully saturated rings. The first-order valence-corrected chi connectivity index (χ1v) is 8.24. The monoisotopic (exact) mass is 289 g/mol. The van der Waals surface area contributed by atoms with Crippen LogP contribution in [0.1, 0.15) is 19.3 Å². The summed E-state index contributed by atoms with van der Waals surface area (Å²) in [5.74, 6) is 0. The molecule has 1 aliphatic heterocycles. The van der Waals surface area contributed by atoms with E-state index in [1.165, 1.54) is 17.7 Å². The lowest BCUT2D eigenvalue weighted by Gasteiger charge is -2.21. The van der Waals surface area contributed by atoms with Crippen molar-refractivity contribution in [1.82, 2.24) is 15.0 Å². The van der Waals surface area contributed by atoms with Crippen LogP contribution in [0.15, 0.2) is 35.4 Å². The Morgan fingerprint density at radius 2 is 2.25 bits per heavy atom. The lowest BCUT2D eigenvalue weighted by molar-refractivity contribution is 0.00370. The minimum Gasteiger partial charge on any atom is -0.376 e. The highest BCUT2D eigenvalue weighted by atomic mass is 32.2. The van der Waals surface area contributed by atoms with Gasteiger partial charge >= 0.3 is 0 Å². The van der Waals surface area contributed by atoms with Crippen LogP contribution in [0.3, 0.4) is 0 Å². The molecule has 0 aliphatic carbocycles. The molecule has 0 radical (unpaired) electrons. The van der Waals surface area contributed by atoms with E-state index in [2.05, 4.69) is 34.8 Å². The molecule has 20 heavy (non-hydrogen) atoms. The van der Waals surface area contributed by atoms with E-state index < -0.39 is 0 Å². The number of ether oxygens (including phenoxy) is 1. The van der Waals surface area contributed by atoms with E-state index >= 15 is 0 Å². The summed E-state index contributed by atoms with van der Waals surface area (Å²) in [6, 6.07) is 8.30. The summed E-state index contributed by atoms with van der Waals surface area (Å²) in [6.07, 6.45) is 7.94. The van der Waals surface area contributed by atoms with Crippen molar-refractivity contribution in [2.75, 3.05) is 12.9 Å². The van der Waals surface area contributed by atoms with Gasteiger partial charge in [0.1, 0.15) is 5.69 Å². The predicted octanol–water partition coefficient (Wildman–Crippen LogP) is 3.24. The van der Waals surface area contributed by atoms with Crippen LogP contribution >= 0.6 is 11.8 Å². The molecule has 0 saturated carbocycles. The van der Waals surface area contributed by atoms with Crippen LogP contribution in [-0.2, 0) is 11.3 Å². The second-order valence-electron chi connectivity index (χ2n) is 5.01. The second kappa shape index (κ2) is 6.41. The van der Waals surface area contributed by atoms with Gasteiger partial charge in [-0.15, -0.1) is 16.9 Å². The lowest BCUT2D eigenvalue weighted by Crippen LogP contribution is -2.24. The van der Waals surface area contributed by atoms with Crippen molar-refractivity contribution in [3.63, 3.8) is 0 Å². The van der Waals surface area contributed by atoms with E-state index in [1.807, 2.05) is 16.9 Å². The average Bonchev–Trinajstić information content (AvgIpc) is 2.96. The standard InChI is InChI=1S/C15H19N3OS/c1-20-15-8-3-2-7-13(15)14-11-18(17-16-14)10-12-6-4-5-9-19-12/h2-3,7-8,11-12H,4-6,9-10H2,1H3.